The van der Waals surface area contributed by atoms with Crippen molar-refractivity contribution in [2.24, 2.45) is 0 Å². The molecular formula is C22H23NO4. The van der Waals surface area contributed by atoms with Crippen molar-refractivity contribution < 1.29 is 19.4 Å². The van der Waals surface area contributed by atoms with E-state index in [1.54, 1.807) is 29.2 Å². The van der Waals surface area contributed by atoms with Crippen molar-refractivity contribution in [3.05, 3.63) is 71.3 Å². The number of ether oxygens (including phenoxy) is 1. The molecule has 1 unspecified atom stereocenters. The minimum atomic E-state index is -0.653. The third kappa shape index (κ3) is 3.58. The van der Waals surface area contributed by atoms with Crippen molar-refractivity contribution in [2.45, 2.75) is 25.8 Å². The zero-order chi connectivity index (χ0) is 19.4. The van der Waals surface area contributed by atoms with Crippen LogP contribution >= 0.6 is 0 Å². The lowest BCUT2D eigenvalue weighted by Crippen LogP contribution is -2.30. The van der Waals surface area contributed by atoms with Crippen LogP contribution in [0.15, 0.2) is 60.2 Å². The highest BCUT2D eigenvalue weighted by Crippen LogP contribution is 2.39. The number of carbonyl (C=O) groups is 2. The monoisotopic (exact) mass is 365 g/mol. The van der Waals surface area contributed by atoms with Gasteiger partial charge in [-0.2, -0.15) is 0 Å². The van der Waals surface area contributed by atoms with E-state index in [2.05, 4.69) is 0 Å². The molecule has 140 valence electrons. The largest absolute Gasteiger partial charge is 0.507 e. The Kier molecular flexibility index (Phi) is 5.60. The molecule has 3 rings (SSSR count). The van der Waals surface area contributed by atoms with Crippen molar-refractivity contribution >= 4 is 17.4 Å². The highest BCUT2D eigenvalue weighted by atomic mass is 16.5. The van der Waals surface area contributed by atoms with Crippen molar-refractivity contribution in [1.82, 2.24) is 4.90 Å². The lowest BCUT2D eigenvalue weighted by molar-refractivity contribution is -0.139. The van der Waals surface area contributed by atoms with Crippen LogP contribution in [-0.2, 0) is 9.59 Å². The van der Waals surface area contributed by atoms with E-state index in [0.29, 0.717) is 17.9 Å². The molecular weight excluding hydrogens is 342 g/mol. The van der Waals surface area contributed by atoms with Gasteiger partial charge < -0.3 is 14.7 Å². The van der Waals surface area contributed by atoms with Crippen molar-refractivity contribution in [2.75, 3.05) is 13.7 Å². The summed E-state index contributed by atoms with van der Waals surface area (Å²) < 4.78 is 5.21. The summed E-state index contributed by atoms with van der Waals surface area (Å²) in [6, 6.07) is 15.6. The van der Waals surface area contributed by atoms with E-state index in [-0.39, 0.29) is 11.3 Å². The molecule has 1 fully saturated rings. The number of hydrogen-bond acceptors (Lipinski definition) is 4. The Hall–Kier alpha value is -3.08. The van der Waals surface area contributed by atoms with Gasteiger partial charge in [-0.1, -0.05) is 55.8 Å². The summed E-state index contributed by atoms with van der Waals surface area (Å²) in [5.41, 5.74) is 1.37. The van der Waals surface area contributed by atoms with Crippen LogP contribution in [0.3, 0.4) is 0 Å². The zero-order valence-electron chi connectivity index (χ0n) is 15.5. The number of aliphatic hydroxyl groups excluding tert-OH is 1. The van der Waals surface area contributed by atoms with Crippen LogP contribution in [0.2, 0.25) is 0 Å². The van der Waals surface area contributed by atoms with E-state index in [1.165, 1.54) is 7.11 Å². The smallest absolute Gasteiger partial charge is 0.295 e. The molecule has 0 spiro atoms. The van der Waals surface area contributed by atoms with Gasteiger partial charge in [-0.15, -0.1) is 0 Å². The average molecular weight is 365 g/mol. The Morgan fingerprint density at radius 2 is 1.85 bits per heavy atom. The van der Waals surface area contributed by atoms with Gasteiger partial charge in [-0.3, -0.25) is 9.59 Å². The van der Waals surface area contributed by atoms with Crippen molar-refractivity contribution in [3.8, 4) is 5.75 Å². The molecule has 1 saturated heterocycles. The summed E-state index contributed by atoms with van der Waals surface area (Å²) >= 11 is 0. The number of rotatable bonds is 6. The molecule has 5 nitrogen and oxygen atoms in total. The van der Waals surface area contributed by atoms with Gasteiger partial charge in [0.05, 0.1) is 18.7 Å². The van der Waals surface area contributed by atoms with Gasteiger partial charge in [0.2, 0.25) is 0 Å². The topological polar surface area (TPSA) is 66.8 Å². The van der Waals surface area contributed by atoms with Crippen molar-refractivity contribution in [1.29, 1.82) is 0 Å². The number of amides is 1. The molecule has 0 radical (unpaired) electrons. The standard InChI is InChI=1S/C22H23NO4/c1-3-4-13-23-19(15-9-6-5-7-10-15)18(21(25)22(23)26)20(24)16-11-8-12-17(14-16)27-2/h5-12,14,19,24H,3-4,13H2,1-2H3/b20-18-. The second kappa shape index (κ2) is 8.08. The molecule has 1 amide bonds. The average Bonchev–Trinajstić information content (AvgIpc) is 2.97. The number of aliphatic hydroxyl groups is 1. The molecule has 0 aromatic heterocycles. The van der Waals surface area contributed by atoms with Gasteiger partial charge in [-0.25, -0.2) is 0 Å². The van der Waals surface area contributed by atoms with Gasteiger partial charge in [0.1, 0.15) is 11.5 Å². The molecule has 0 saturated carbocycles. The molecule has 5 heteroatoms. The van der Waals surface area contributed by atoms with Crippen LogP contribution in [0.1, 0.15) is 36.9 Å². The third-order valence-corrected chi connectivity index (χ3v) is 4.75. The Bertz CT molecular complexity index is 873. The second-order valence-electron chi connectivity index (χ2n) is 6.49. The molecule has 2 aromatic rings. The molecule has 27 heavy (non-hydrogen) atoms. The number of benzene rings is 2. The van der Waals surface area contributed by atoms with Gasteiger partial charge >= 0.3 is 0 Å². The first-order valence-electron chi connectivity index (χ1n) is 9.06. The lowest BCUT2D eigenvalue weighted by atomic mass is 9.95. The fraction of sp³-hybridized carbons (Fsp3) is 0.273. The maximum Gasteiger partial charge on any atom is 0.295 e. The zero-order valence-corrected chi connectivity index (χ0v) is 15.5. The Morgan fingerprint density at radius 3 is 2.52 bits per heavy atom. The van der Waals surface area contributed by atoms with E-state index < -0.39 is 17.7 Å². The molecule has 0 aliphatic carbocycles. The Morgan fingerprint density at radius 1 is 1.11 bits per heavy atom. The van der Waals surface area contributed by atoms with Gasteiger partial charge in [0, 0.05) is 12.1 Å². The number of ketones is 1. The first-order chi connectivity index (χ1) is 13.1. The van der Waals surface area contributed by atoms with E-state index >= 15 is 0 Å². The predicted octanol–water partition coefficient (Wildman–Crippen LogP) is 3.92. The fourth-order valence-electron chi connectivity index (χ4n) is 3.35. The number of likely N-dealkylation sites (tertiary alicyclic amines) is 1. The minimum Gasteiger partial charge on any atom is -0.507 e. The first-order valence-corrected chi connectivity index (χ1v) is 9.06. The lowest BCUT2D eigenvalue weighted by Gasteiger charge is -2.25. The van der Waals surface area contributed by atoms with Crippen LogP contribution in [0.25, 0.3) is 5.76 Å². The number of hydrogen-bond donors (Lipinski definition) is 1. The minimum absolute atomic E-state index is 0.121. The van der Waals surface area contributed by atoms with Gasteiger partial charge in [0.15, 0.2) is 0 Å². The Balaban J connectivity index is 2.15. The van der Waals surface area contributed by atoms with E-state index in [1.807, 2.05) is 37.3 Å². The summed E-state index contributed by atoms with van der Waals surface area (Å²) in [7, 11) is 1.53. The molecule has 1 heterocycles. The number of unbranched alkanes of at least 4 members (excludes halogenated alkanes) is 1. The highest BCUT2D eigenvalue weighted by molar-refractivity contribution is 6.46. The molecule has 1 atom stereocenters. The predicted molar refractivity (Wildman–Crippen MR) is 103 cm³/mol. The van der Waals surface area contributed by atoms with E-state index in [0.717, 1.165) is 18.4 Å². The SMILES string of the molecule is CCCCN1C(=O)C(=O)/C(=C(\O)c2cccc(OC)c2)C1c1ccccc1. The molecule has 2 aromatic carbocycles. The number of nitrogens with zero attached hydrogens (tertiary/aromatic N) is 1. The molecule has 1 aliphatic rings. The maximum absolute atomic E-state index is 12.8. The van der Waals surface area contributed by atoms with E-state index in [4.69, 9.17) is 4.74 Å². The molecule has 1 aliphatic heterocycles. The summed E-state index contributed by atoms with van der Waals surface area (Å²) in [6.07, 6.45) is 1.69. The quantitative estimate of drug-likeness (QED) is 0.479. The fourth-order valence-corrected chi connectivity index (χ4v) is 3.35. The summed E-state index contributed by atoms with van der Waals surface area (Å²) in [5.74, 6) is -0.836. The van der Waals surface area contributed by atoms with Crippen LogP contribution in [0.5, 0.6) is 5.75 Å². The first kappa shape index (κ1) is 18.7. The number of Topliss-reactive ketones (excluding diaryl/α,β-unsaturated/α-hetero) is 1. The molecule has 1 N–H and O–H groups in total. The summed E-state index contributed by atoms with van der Waals surface area (Å²) in [4.78, 5) is 27.0. The van der Waals surface area contributed by atoms with Crippen molar-refractivity contribution in [3.63, 3.8) is 0 Å². The van der Waals surface area contributed by atoms with E-state index in [9.17, 15) is 14.7 Å². The van der Waals surface area contributed by atoms with Gasteiger partial charge in [-0.05, 0) is 24.1 Å². The van der Waals surface area contributed by atoms with Crippen LogP contribution in [0.4, 0.5) is 0 Å². The summed E-state index contributed by atoms with van der Waals surface area (Å²) in [6.45, 7) is 2.50. The van der Waals surface area contributed by atoms with Gasteiger partial charge in [0.25, 0.3) is 11.7 Å². The van der Waals surface area contributed by atoms with Crippen LogP contribution in [0, 0.1) is 0 Å². The maximum atomic E-state index is 12.8. The third-order valence-electron chi connectivity index (χ3n) is 4.75. The normalized spacial score (nSPS) is 18.7. The second-order valence-corrected chi connectivity index (χ2v) is 6.49. The van der Waals surface area contributed by atoms with Crippen LogP contribution in [-0.4, -0.2) is 35.4 Å². The van der Waals surface area contributed by atoms with Crippen LogP contribution < -0.4 is 4.74 Å². The Labute approximate surface area is 158 Å². The highest BCUT2D eigenvalue weighted by Gasteiger charge is 2.45. The number of carbonyl (C=O) groups excluding carboxylic acids is 2. The summed E-state index contributed by atoms with van der Waals surface area (Å²) in [5, 5.41) is 10.9. The molecule has 0 bridgehead atoms. The number of methoxy groups -OCH3 is 1.